The fourth-order valence-electron chi connectivity index (χ4n) is 2.77. The maximum Gasteiger partial charge on any atom is 0.305 e. The second-order valence-corrected chi connectivity index (χ2v) is 7.13. The number of anilines is 2. The van der Waals surface area contributed by atoms with Crippen molar-refractivity contribution in [3.63, 3.8) is 0 Å². The summed E-state index contributed by atoms with van der Waals surface area (Å²) in [7, 11) is 0. The molecule has 6 heteroatoms. The van der Waals surface area contributed by atoms with E-state index in [0.717, 1.165) is 33.2 Å². The number of aryl methyl sites for hydroxylation is 2. The van der Waals surface area contributed by atoms with Crippen LogP contribution in [0.3, 0.4) is 0 Å². The van der Waals surface area contributed by atoms with Crippen LogP contribution in [-0.4, -0.2) is 22.6 Å². The molecule has 136 valence electrons. The molecule has 0 unspecified atom stereocenters. The largest absolute Gasteiger partial charge is 0.481 e. The molecule has 0 saturated heterocycles. The minimum atomic E-state index is -0.839. The molecule has 0 atom stereocenters. The Kier molecular flexibility index (Phi) is 5.53. The highest BCUT2D eigenvalue weighted by atomic mass is 32.1. The molecule has 0 saturated carbocycles. The summed E-state index contributed by atoms with van der Waals surface area (Å²) in [5.41, 5.74) is 5.49. The summed E-state index contributed by atoms with van der Waals surface area (Å²) >= 11 is 1.48. The fourth-order valence-corrected chi connectivity index (χ4v) is 3.65. The highest BCUT2D eigenvalue weighted by molar-refractivity contribution is 7.14. The van der Waals surface area contributed by atoms with Gasteiger partial charge in [0.2, 0.25) is 0 Å². The van der Waals surface area contributed by atoms with Crippen LogP contribution in [0.5, 0.6) is 0 Å². The van der Waals surface area contributed by atoms with Gasteiger partial charge in [-0.25, -0.2) is 4.98 Å². The average molecular weight is 377 g/mol. The molecule has 0 radical (unpaired) electrons. The first-order chi connectivity index (χ1) is 13.0. The van der Waals surface area contributed by atoms with Gasteiger partial charge in [-0.15, -0.1) is 11.3 Å². The number of hydrogen-bond donors (Lipinski definition) is 1. The summed E-state index contributed by atoms with van der Waals surface area (Å²) in [6.45, 7) is 4.37. The van der Waals surface area contributed by atoms with Gasteiger partial charge in [-0.3, -0.25) is 4.79 Å². The smallest absolute Gasteiger partial charge is 0.305 e. The van der Waals surface area contributed by atoms with Crippen LogP contribution >= 0.6 is 11.3 Å². The van der Waals surface area contributed by atoms with E-state index in [-0.39, 0.29) is 6.42 Å². The Morgan fingerprint density at radius 2 is 1.96 bits per heavy atom. The van der Waals surface area contributed by atoms with E-state index in [2.05, 4.69) is 12.1 Å². The number of carboxylic acids is 1. The zero-order valence-corrected chi connectivity index (χ0v) is 16.0. The van der Waals surface area contributed by atoms with E-state index in [1.165, 1.54) is 11.3 Å². The number of nitrogens with zero attached hydrogens (tertiary/aromatic N) is 3. The van der Waals surface area contributed by atoms with Crippen LogP contribution in [0.2, 0.25) is 0 Å². The van der Waals surface area contributed by atoms with Crippen LogP contribution < -0.4 is 4.90 Å². The number of thiazole rings is 1. The lowest BCUT2D eigenvalue weighted by Gasteiger charge is -2.23. The summed E-state index contributed by atoms with van der Waals surface area (Å²) in [6, 6.07) is 15.5. The molecule has 1 aromatic heterocycles. The van der Waals surface area contributed by atoms with Gasteiger partial charge in [0.05, 0.1) is 23.7 Å². The molecule has 1 heterocycles. The van der Waals surface area contributed by atoms with Crippen molar-refractivity contribution >= 4 is 28.1 Å². The highest BCUT2D eigenvalue weighted by Crippen LogP contribution is 2.34. The van der Waals surface area contributed by atoms with Crippen LogP contribution in [0.15, 0.2) is 47.8 Å². The van der Waals surface area contributed by atoms with Gasteiger partial charge in [-0.1, -0.05) is 24.3 Å². The number of carbonyl (C=O) groups is 1. The zero-order chi connectivity index (χ0) is 19.4. The second kappa shape index (κ2) is 8.02. The summed E-state index contributed by atoms with van der Waals surface area (Å²) in [4.78, 5) is 17.8. The number of carboxylic acid groups (broad SMARTS) is 1. The third-order valence-corrected chi connectivity index (χ3v) is 5.10. The first-order valence-electron chi connectivity index (χ1n) is 8.50. The molecule has 0 amide bonds. The standard InChI is InChI=1S/C21H19N3O2S/c1-14-3-4-15(2)19(11-14)24(10-9-20(25)26)21-23-18(13-27-21)17-7-5-16(12-22)6-8-17/h3-8,11,13H,9-10H2,1-2H3,(H,25,26). The maximum atomic E-state index is 11.1. The molecule has 0 fully saturated rings. The molecular formula is C21H19N3O2S. The van der Waals surface area contributed by atoms with Crippen LogP contribution in [0.4, 0.5) is 10.8 Å². The molecule has 1 N–H and O–H groups in total. The number of hydrogen-bond acceptors (Lipinski definition) is 5. The molecule has 2 aromatic carbocycles. The molecule has 3 rings (SSSR count). The van der Waals surface area contributed by atoms with E-state index >= 15 is 0 Å². The number of nitriles is 1. The lowest BCUT2D eigenvalue weighted by atomic mass is 10.1. The molecule has 0 bridgehead atoms. The van der Waals surface area contributed by atoms with Gasteiger partial charge >= 0.3 is 5.97 Å². The van der Waals surface area contributed by atoms with Gasteiger partial charge < -0.3 is 10.0 Å². The first-order valence-corrected chi connectivity index (χ1v) is 9.38. The average Bonchev–Trinajstić information content (AvgIpc) is 3.14. The minimum Gasteiger partial charge on any atom is -0.481 e. The molecule has 3 aromatic rings. The predicted molar refractivity (Wildman–Crippen MR) is 107 cm³/mol. The van der Waals surface area contributed by atoms with Crippen molar-refractivity contribution < 1.29 is 9.90 Å². The quantitative estimate of drug-likeness (QED) is 0.660. The summed E-state index contributed by atoms with van der Waals surface area (Å²) in [5, 5.41) is 20.8. The Labute approximate surface area is 162 Å². The van der Waals surface area contributed by atoms with E-state index in [9.17, 15) is 4.79 Å². The normalized spacial score (nSPS) is 10.4. The summed E-state index contributed by atoms with van der Waals surface area (Å²) < 4.78 is 0. The Hall–Kier alpha value is -3.17. The van der Waals surface area contributed by atoms with Gasteiger partial charge in [-0.2, -0.15) is 5.26 Å². The maximum absolute atomic E-state index is 11.1. The monoisotopic (exact) mass is 377 g/mol. The first kappa shape index (κ1) is 18.6. The van der Waals surface area contributed by atoms with Gasteiger partial charge in [0, 0.05) is 23.2 Å². The van der Waals surface area contributed by atoms with Crippen molar-refractivity contribution in [1.29, 1.82) is 5.26 Å². The number of aliphatic carboxylic acids is 1. The van der Waals surface area contributed by atoms with Crippen LogP contribution in [0.1, 0.15) is 23.1 Å². The van der Waals surface area contributed by atoms with E-state index in [4.69, 9.17) is 15.4 Å². The van der Waals surface area contributed by atoms with Gasteiger partial charge in [0.15, 0.2) is 5.13 Å². The lowest BCUT2D eigenvalue weighted by Crippen LogP contribution is -2.21. The molecule has 0 aliphatic carbocycles. The number of rotatable bonds is 6. The second-order valence-electron chi connectivity index (χ2n) is 6.29. The molecule has 0 spiro atoms. The minimum absolute atomic E-state index is 0.0269. The van der Waals surface area contributed by atoms with E-state index in [0.29, 0.717) is 12.1 Å². The molecular weight excluding hydrogens is 358 g/mol. The van der Waals surface area contributed by atoms with Crippen LogP contribution in [0, 0.1) is 25.2 Å². The Balaban J connectivity index is 1.97. The SMILES string of the molecule is Cc1ccc(C)c(N(CCC(=O)O)c2nc(-c3ccc(C#N)cc3)cs2)c1. The van der Waals surface area contributed by atoms with Gasteiger partial charge in [-0.05, 0) is 43.2 Å². The van der Waals surface area contributed by atoms with E-state index < -0.39 is 5.97 Å². The number of benzene rings is 2. The topological polar surface area (TPSA) is 77.2 Å². The van der Waals surface area contributed by atoms with E-state index in [1.807, 2.05) is 48.4 Å². The van der Waals surface area contributed by atoms with Gasteiger partial charge in [0.25, 0.3) is 0 Å². The lowest BCUT2D eigenvalue weighted by molar-refractivity contribution is -0.136. The van der Waals surface area contributed by atoms with Gasteiger partial charge in [0.1, 0.15) is 0 Å². The van der Waals surface area contributed by atoms with Crippen molar-refractivity contribution in [1.82, 2.24) is 4.98 Å². The van der Waals surface area contributed by atoms with Crippen molar-refractivity contribution in [2.24, 2.45) is 0 Å². The Morgan fingerprint density at radius 1 is 1.22 bits per heavy atom. The summed E-state index contributed by atoms with van der Waals surface area (Å²) in [6.07, 6.45) is 0.0269. The van der Waals surface area contributed by atoms with Crippen molar-refractivity contribution in [3.8, 4) is 17.3 Å². The third-order valence-electron chi connectivity index (χ3n) is 4.24. The molecule has 27 heavy (non-hydrogen) atoms. The van der Waals surface area contributed by atoms with Crippen molar-refractivity contribution in [3.05, 3.63) is 64.5 Å². The third kappa shape index (κ3) is 4.33. The highest BCUT2D eigenvalue weighted by Gasteiger charge is 2.17. The molecule has 5 nitrogen and oxygen atoms in total. The molecule has 0 aliphatic rings. The number of aromatic nitrogens is 1. The zero-order valence-electron chi connectivity index (χ0n) is 15.1. The Bertz CT molecular complexity index is 1000. The predicted octanol–water partition coefficient (Wildman–Crippen LogP) is 4.91. The Morgan fingerprint density at radius 3 is 2.63 bits per heavy atom. The molecule has 0 aliphatic heterocycles. The summed E-state index contributed by atoms with van der Waals surface area (Å²) in [5.74, 6) is -0.839. The fraction of sp³-hybridized carbons (Fsp3) is 0.190. The van der Waals surface area contributed by atoms with Crippen molar-refractivity contribution in [2.45, 2.75) is 20.3 Å². The van der Waals surface area contributed by atoms with E-state index in [1.54, 1.807) is 12.1 Å². The van der Waals surface area contributed by atoms with Crippen LogP contribution in [0.25, 0.3) is 11.3 Å². The van der Waals surface area contributed by atoms with Crippen molar-refractivity contribution in [2.75, 3.05) is 11.4 Å². The van der Waals surface area contributed by atoms with Crippen LogP contribution in [-0.2, 0) is 4.79 Å².